The van der Waals surface area contributed by atoms with Crippen molar-refractivity contribution < 1.29 is 8.83 Å². The Labute approximate surface area is 145 Å². The number of fused-ring (bicyclic) bond motifs is 1. The summed E-state index contributed by atoms with van der Waals surface area (Å²) >= 11 is 0. The van der Waals surface area contributed by atoms with E-state index in [0.29, 0.717) is 18.3 Å². The van der Waals surface area contributed by atoms with Crippen LogP contribution in [0.1, 0.15) is 24.6 Å². The number of hydrogen-bond acceptors (Lipinski definition) is 5. The van der Waals surface area contributed by atoms with E-state index in [-0.39, 0.29) is 6.04 Å². The molecule has 0 aliphatic carbocycles. The van der Waals surface area contributed by atoms with E-state index in [4.69, 9.17) is 8.83 Å². The van der Waals surface area contributed by atoms with E-state index in [9.17, 15) is 0 Å². The zero-order valence-corrected chi connectivity index (χ0v) is 14.2. The fourth-order valence-electron chi connectivity index (χ4n) is 2.79. The minimum atomic E-state index is 0.0967. The maximum atomic E-state index is 5.95. The Morgan fingerprint density at radius 2 is 1.72 bits per heavy atom. The predicted molar refractivity (Wildman–Crippen MR) is 95.8 cm³/mol. The highest BCUT2D eigenvalue weighted by Crippen LogP contribution is 2.27. The summed E-state index contributed by atoms with van der Waals surface area (Å²) in [6.07, 6.45) is 0. The Bertz CT molecular complexity index is 942. The van der Waals surface area contributed by atoms with Crippen molar-refractivity contribution in [1.29, 1.82) is 0 Å². The van der Waals surface area contributed by atoms with Crippen molar-refractivity contribution in [2.45, 2.75) is 19.5 Å². The van der Waals surface area contributed by atoms with E-state index in [1.165, 1.54) is 0 Å². The van der Waals surface area contributed by atoms with Gasteiger partial charge < -0.3 is 8.83 Å². The SMILES string of the molecule is CC(c1cc2ccccc2o1)N(C)Cc1nnc(-c2ccccc2)o1. The lowest BCUT2D eigenvalue weighted by atomic mass is 10.2. The molecule has 1 unspecified atom stereocenters. The van der Waals surface area contributed by atoms with Gasteiger partial charge in [0.05, 0.1) is 12.6 Å². The van der Waals surface area contributed by atoms with Crippen molar-refractivity contribution in [3.63, 3.8) is 0 Å². The van der Waals surface area contributed by atoms with Crippen LogP contribution in [0.15, 0.2) is 69.5 Å². The van der Waals surface area contributed by atoms with E-state index in [2.05, 4.69) is 34.2 Å². The molecule has 2 aromatic heterocycles. The molecule has 2 heterocycles. The van der Waals surface area contributed by atoms with Crippen LogP contribution in [0.3, 0.4) is 0 Å². The minimum Gasteiger partial charge on any atom is -0.459 e. The molecule has 1 atom stereocenters. The van der Waals surface area contributed by atoms with Gasteiger partial charge in [-0.15, -0.1) is 10.2 Å². The standard InChI is InChI=1S/C20H19N3O2/c1-14(18-12-16-10-6-7-11-17(16)24-18)23(2)13-19-21-22-20(25-19)15-8-4-3-5-9-15/h3-12,14H,13H2,1-2H3. The molecule has 4 rings (SSSR count). The fourth-order valence-corrected chi connectivity index (χ4v) is 2.79. The van der Waals surface area contributed by atoms with Gasteiger partial charge in [-0.1, -0.05) is 36.4 Å². The van der Waals surface area contributed by atoms with Crippen molar-refractivity contribution in [3.8, 4) is 11.5 Å². The summed E-state index contributed by atoms with van der Waals surface area (Å²) in [4.78, 5) is 2.12. The molecule has 5 heteroatoms. The molecule has 0 N–H and O–H groups in total. The Balaban J connectivity index is 1.49. The largest absolute Gasteiger partial charge is 0.459 e. The Morgan fingerprint density at radius 1 is 0.960 bits per heavy atom. The number of para-hydroxylation sites is 1. The van der Waals surface area contributed by atoms with E-state index in [1.807, 2.05) is 55.6 Å². The van der Waals surface area contributed by atoms with Crippen LogP contribution in [0.4, 0.5) is 0 Å². The maximum Gasteiger partial charge on any atom is 0.247 e. The summed E-state index contributed by atoms with van der Waals surface area (Å²) in [7, 11) is 2.02. The van der Waals surface area contributed by atoms with Crippen LogP contribution >= 0.6 is 0 Å². The van der Waals surface area contributed by atoms with E-state index >= 15 is 0 Å². The first kappa shape index (κ1) is 15.6. The van der Waals surface area contributed by atoms with Crippen molar-refractivity contribution in [2.24, 2.45) is 0 Å². The molecule has 0 saturated carbocycles. The first-order valence-electron chi connectivity index (χ1n) is 8.27. The predicted octanol–water partition coefficient (Wildman–Crippen LogP) is 4.68. The molecule has 0 spiro atoms. The number of rotatable bonds is 5. The van der Waals surface area contributed by atoms with Crippen molar-refractivity contribution in [1.82, 2.24) is 15.1 Å². The molecule has 2 aromatic carbocycles. The first-order valence-corrected chi connectivity index (χ1v) is 8.27. The third-order valence-electron chi connectivity index (χ3n) is 4.39. The summed E-state index contributed by atoms with van der Waals surface area (Å²) in [6.45, 7) is 2.66. The molecule has 0 aliphatic heterocycles. The van der Waals surface area contributed by atoms with Crippen molar-refractivity contribution in [3.05, 3.63) is 72.3 Å². The van der Waals surface area contributed by atoms with Gasteiger partial charge in [-0.3, -0.25) is 4.90 Å². The third-order valence-corrected chi connectivity index (χ3v) is 4.39. The van der Waals surface area contributed by atoms with Gasteiger partial charge >= 0.3 is 0 Å². The van der Waals surface area contributed by atoms with E-state index in [0.717, 1.165) is 22.3 Å². The number of hydrogen-bond donors (Lipinski definition) is 0. The van der Waals surface area contributed by atoms with Crippen LogP contribution in [0, 0.1) is 0 Å². The molecule has 0 amide bonds. The fraction of sp³-hybridized carbons (Fsp3) is 0.200. The van der Waals surface area contributed by atoms with Crippen molar-refractivity contribution in [2.75, 3.05) is 7.05 Å². The Kier molecular flexibility index (Phi) is 4.07. The number of nitrogens with zero attached hydrogens (tertiary/aromatic N) is 3. The minimum absolute atomic E-state index is 0.0967. The summed E-state index contributed by atoms with van der Waals surface area (Å²) < 4.78 is 11.7. The van der Waals surface area contributed by atoms with Gasteiger partial charge in [0.1, 0.15) is 11.3 Å². The molecular weight excluding hydrogens is 314 g/mol. The normalized spacial score (nSPS) is 12.8. The number of furan rings is 1. The lowest BCUT2D eigenvalue weighted by Crippen LogP contribution is -2.21. The lowest BCUT2D eigenvalue weighted by molar-refractivity contribution is 0.207. The second-order valence-corrected chi connectivity index (χ2v) is 6.14. The van der Waals surface area contributed by atoms with Gasteiger partial charge in [0.2, 0.25) is 11.8 Å². The smallest absolute Gasteiger partial charge is 0.247 e. The van der Waals surface area contributed by atoms with Crippen LogP contribution in [0.5, 0.6) is 0 Å². The van der Waals surface area contributed by atoms with Crippen LogP contribution in [0.25, 0.3) is 22.4 Å². The second kappa shape index (κ2) is 6.53. The molecule has 0 bridgehead atoms. The first-order chi connectivity index (χ1) is 12.2. The number of aromatic nitrogens is 2. The molecule has 5 nitrogen and oxygen atoms in total. The summed E-state index contributed by atoms with van der Waals surface area (Å²) in [5.41, 5.74) is 1.83. The lowest BCUT2D eigenvalue weighted by Gasteiger charge is -2.20. The molecule has 25 heavy (non-hydrogen) atoms. The van der Waals surface area contributed by atoms with Gasteiger partial charge in [-0.2, -0.15) is 0 Å². The van der Waals surface area contributed by atoms with Crippen LogP contribution in [-0.4, -0.2) is 22.1 Å². The molecule has 0 radical (unpaired) electrons. The average Bonchev–Trinajstić information content (AvgIpc) is 3.28. The summed E-state index contributed by atoms with van der Waals surface area (Å²) in [5, 5.41) is 9.41. The molecule has 0 saturated heterocycles. The molecule has 4 aromatic rings. The maximum absolute atomic E-state index is 5.95. The quantitative estimate of drug-likeness (QED) is 0.531. The van der Waals surface area contributed by atoms with Crippen LogP contribution in [-0.2, 0) is 6.54 Å². The topological polar surface area (TPSA) is 55.3 Å². The van der Waals surface area contributed by atoms with E-state index < -0.39 is 0 Å². The third kappa shape index (κ3) is 3.19. The molecule has 0 fully saturated rings. The summed E-state index contributed by atoms with van der Waals surface area (Å²) in [5.74, 6) is 2.05. The zero-order chi connectivity index (χ0) is 17.2. The summed E-state index contributed by atoms with van der Waals surface area (Å²) in [6, 6.07) is 20.0. The molecular formula is C20H19N3O2. The highest BCUT2D eigenvalue weighted by molar-refractivity contribution is 5.77. The van der Waals surface area contributed by atoms with Gasteiger partial charge in [0.15, 0.2) is 0 Å². The van der Waals surface area contributed by atoms with Crippen LogP contribution in [0.2, 0.25) is 0 Å². The van der Waals surface area contributed by atoms with Crippen molar-refractivity contribution >= 4 is 11.0 Å². The van der Waals surface area contributed by atoms with E-state index in [1.54, 1.807) is 0 Å². The van der Waals surface area contributed by atoms with Gasteiger partial charge in [-0.05, 0) is 38.2 Å². The highest BCUT2D eigenvalue weighted by atomic mass is 16.4. The Morgan fingerprint density at radius 3 is 2.52 bits per heavy atom. The van der Waals surface area contributed by atoms with Gasteiger partial charge in [-0.25, -0.2) is 0 Å². The zero-order valence-electron chi connectivity index (χ0n) is 14.2. The van der Waals surface area contributed by atoms with Gasteiger partial charge in [0, 0.05) is 10.9 Å². The average molecular weight is 333 g/mol. The second-order valence-electron chi connectivity index (χ2n) is 6.14. The Hall–Kier alpha value is -2.92. The molecule has 126 valence electrons. The molecule has 0 aliphatic rings. The monoisotopic (exact) mass is 333 g/mol. The highest BCUT2D eigenvalue weighted by Gasteiger charge is 2.19. The number of benzene rings is 2. The van der Waals surface area contributed by atoms with Crippen LogP contribution < -0.4 is 0 Å². The van der Waals surface area contributed by atoms with Gasteiger partial charge in [0.25, 0.3) is 0 Å².